The van der Waals surface area contributed by atoms with Crippen molar-refractivity contribution in [2.24, 2.45) is 0 Å². The van der Waals surface area contributed by atoms with Crippen molar-refractivity contribution in [1.82, 2.24) is 4.90 Å². The number of aryl methyl sites for hydroxylation is 3. The molecule has 1 saturated heterocycles. The number of nitrogens with zero attached hydrogens (tertiary/aromatic N) is 1. The largest absolute Gasteiger partial charge is 0.461 e. The Labute approximate surface area is 172 Å². The smallest absolute Gasteiger partial charge is 0.259 e. The molecular formula is C25H30N2O2. The molecule has 0 spiro atoms. The highest BCUT2D eigenvalue weighted by Gasteiger charge is 2.23. The first kappa shape index (κ1) is 19.7. The summed E-state index contributed by atoms with van der Waals surface area (Å²) in [5.74, 6) is 0.570. The lowest BCUT2D eigenvalue weighted by Gasteiger charge is -2.21. The lowest BCUT2D eigenvalue weighted by molar-refractivity contribution is 0.102. The highest BCUT2D eigenvalue weighted by Crippen LogP contribution is 2.32. The zero-order chi connectivity index (χ0) is 20.4. The van der Waals surface area contributed by atoms with Crippen molar-refractivity contribution < 1.29 is 9.21 Å². The van der Waals surface area contributed by atoms with Crippen molar-refractivity contribution in [1.29, 1.82) is 0 Å². The van der Waals surface area contributed by atoms with Gasteiger partial charge in [-0.15, -0.1) is 0 Å². The van der Waals surface area contributed by atoms with Gasteiger partial charge >= 0.3 is 0 Å². The van der Waals surface area contributed by atoms with Crippen molar-refractivity contribution in [3.63, 3.8) is 0 Å². The number of hydrogen-bond donors (Lipinski definition) is 1. The first-order valence-corrected chi connectivity index (χ1v) is 10.6. The molecule has 1 aliphatic heterocycles. The fourth-order valence-electron chi connectivity index (χ4n) is 4.31. The number of likely N-dealkylation sites (tertiary alicyclic amines) is 1. The number of nitrogens with one attached hydrogen (secondary N) is 1. The number of amides is 1. The van der Waals surface area contributed by atoms with E-state index in [0.29, 0.717) is 11.3 Å². The predicted octanol–water partition coefficient (Wildman–Crippen LogP) is 5.99. The van der Waals surface area contributed by atoms with Crippen molar-refractivity contribution in [2.75, 3.05) is 18.4 Å². The second kappa shape index (κ2) is 8.42. The minimum atomic E-state index is -0.104. The van der Waals surface area contributed by atoms with Crippen LogP contribution in [-0.2, 0) is 6.54 Å². The number of anilines is 1. The van der Waals surface area contributed by atoms with Crippen LogP contribution in [0.15, 0.2) is 40.8 Å². The van der Waals surface area contributed by atoms with Gasteiger partial charge in [0, 0.05) is 17.6 Å². The van der Waals surface area contributed by atoms with E-state index >= 15 is 0 Å². The van der Waals surface area contributed by atoms with Crippen LogP contribution in [0.4, 0.5) is 5.69 Å². The molecule has 29 heavy (non-hydrogen) atoms. The summed E-state index contributed by atoms with van der Waals surface area (Å²) in [7, 11) is 0. The molecule has 4 heteroatoms. The topological polar surface area (TPSA) is 45.5 Å². The van der Waals surface area contributed by atoms with Crippen molar-refractivity contribution in [3.8, 4) is 0 Å². The van der Waals surface area contributed by atoms with Gasteiger partial charge in [0.05, 0.1) is 5.56 Å². The summed E-state index contributed by atoms with van der Waals surface area (Å²) in [5.41, 5.74) is 5.86. The molecule has 1 aromatic heterocycles. The van der Waals surface area contributed by atoms with Crippen LogP contribution >= 0.6 is 0 Å². The Morgan fingerprint density at radius 1 is 0.966 bits per heavy atom. The highest BCUT2D eigenvalue weighted by atomic mass is 16.3. The maximum Gasteiger partial charge on any atom is 0.259 e. The quantitative estimate of drug-likeness (QED) is 0.595. The Morgan fingerprint density at radius 3 is 2.34 bits per heavy atom. The van der Waals surface area contributed by atoms with Gasteiger partial charge in [0.25, 0.3) is 5.91 Å². The van der Waals surface area contributed by atoms with Crippen molar-refractivity contribution in [3.05, 3.63) is 64.4 Å². The molecule has 152 valence electrons. The minimum Gasteiger partial charge on any atom is -0.461 e. The van der Waals surface area contributed by atoms with E-state index in [0.717, 1.165) is 36.3 Å². The number of benzene rings is 2. The molecule has 0 atom stereocenters. The second-order valence-electron chi connectivity index (χ2n) is 8.28. The SMILES string of the molecule is Cc1ccc(NC(=O)c2c(C)oc3ccc(C)c(CN4CCCCCC4)c23)cc1. The third-order valence-electron chi connectivity index (χ3n) is 5.99. The maximum absolute atomic E-state index is 13.2. The summed E-state index contributed by atoms with van der Waals surface area (Å²) in [6, 6.07) is 12.0. The molecular weight excluding hydrogens is 360 g/mol. The molecule has 1 aliphatic rings. The van der Waals surface area contributed by atoms with Gasteiger partial charge < -0.3 is 9.73 Å². The Kier molecular flexibility index (Phi) is 5.72. The summed E-state index contributed by atoms with van der Waals surface area (Å²) in [5, 5.41) is 4.02. The first-order valence-electron chi connectivity index (χ1n) is 10.6. The predicted molar refractivity (Wildman–Crippen MR) is 119 cm³/mol. The second-order valence-corrected chi connectivity index (χ2v) is 8.28. The maximum atomic E-state index is 13.2. The summed E-state index contributed by atoms with van der Waals surface area (Å²) in [6.45, 7) is 9.17. The van der Waals surface area contributed by atoms with Gasteiger partial charge in [-0.3, -0.25) is 9.69 Å². The fraction of sp³-hybridized carbons (Fsp3) is 0.400. The van der Waals surface area contributed by atoms with Gasteiger partial charge in [0.1, 0.15) is 11.3 Å². The van der Waals surface area contributed by atoms with E-state index in [1.54, 1.807) is 0 Å². The fourth-order valence-corrected chi connectivity index (χ4v) is 4.31. The van der Waals surface area contributed by atoms with E-state index in [1.165, 1.54) is 42.4 Å². The molecule has 1 fully saturated rings. The number of furan rings is 1. The molecule has 4 nitrogen and oxygen atoms in total. The number of fused-ring (bicyclic) bond motifs is 1. The van der Waals surface area contributed by atoms with Crippen LogP contribution in [0, 0.1) is 20.8 Å². The number of rotatable bonds is 4. The lowest BCUT2D eigenvalue weighted by atomic mass is 9.99. The van der Waals surface area contributed by atoms with Crippen LogP contribution in [0.25, 0.3) is 11.0 Å². The Morgan fingerprint density at radius 2 is 1.66 bits per heavy atom. The van der Waals surface area contributed by atoms with E-state index in [1.807, 2.05) is 44.2 Å². The van der Waals surface area contributed by atoms with E-state index in [9.17, 15) is 4.79 Å². The zero-order valence-corrected chi connectivity index (χ0v) is 17.7. The number of carbonyl (C=O) groups excluding carboxylic acids is 1. The number of hydrogen-bond acceptors (Lipinski definition) is 3. The zero-order valence-electron chi connectivity index (χ0n) is 17.7. The Hall–Kier alpha value is -2.59. The van der Waals surface area contributed by atoms with Gasteiger partial charge in [-0.2, -0.15) is 0 Å². The average Bonchev–Trinajstić information content (AvgIpc) is 2.86. The summed E-state index contributed by atoms with van der Waals surface area (Å²) in [6.07, 6.45) is 5.13. The molecule has 4 rings (SSSR count). The van der Waals surface area contributed by atoms with E-state index in [4.69, 9.17) is 4.42 Å². The minimum absolute atomic E-state index is 0.104. The van der Waals surface area contributed by atoms with Crippen LogP contribution in [-0.4, -0.2) is 23.9 Å². The Bertz CT molecular complexity index is 1010. The molecule has 2 aromatic carbocycles. The third kappa shape index (κ3) is 4.23. The molecule has 0 aliphatic carbocycles. The van der Waals surface area contributed by atoms with Crippen LogP contribution < -0.4 is 5.32 Å². The standard InChI is InChI=1S/C25H30N2O2/c1-17-8-11-20(12-9-17)26-25(28)23-19(3)29-22-13-10-18(2)21(24(22)23)16-27-14-6-4-5-7-15-27/h8-13H,4-7,14-16H2,1-3H3,(H,26,28). The van der Waals surface area contributed by atoms with Crippen LogP contribution in [0.2, 0.25) is 0 Å². The molecule has 3 aromatic rings. The number of carbonyl (C=O) groups is 1. The molecule has 2 heterocycles. The van der Waals surface area contributed by atoms with Crippen LogP contribution in [0.3, 0.4) is 0 Å². The summed E-state index contributed by atoms with van der Waals surface area (Å²) < 4.78 is 6.01. The van der Waals surface area contributed by atoms with Crippen molar-refractivity contribution >= 4 is 22.6 Å². The first-order chi connectivity index (χ1) is 14.0. The van der Waals surface area contributed by atoms with Gasteiger partial charge in [-0.05, 0) is 76.0 Å². The molecule has 0 saturated carbocycles. The normalized spacial score (nSPS) is 15.4. The van der Waals surface area contributed by atoms with Gasteiger partial charge in [0.2, 0.25) is 0 Å². The summed E-state index contributed by atoms with van der Waals surface area (Å²) in [4.78, 5) is 15.7. The Balaban J connectivity index is 1.71. The summed E-state index contributed by atoms with van der Waals surface area (Å²) >= 11 is 0. The monoisotopic (exact) mass is 390 g/mol. The van der Waals surface area contributed by atoms with Gasteiger partial charge in [-0.25, -0.2) is 0 Å². The van der Waals surface area contributed by atoms with E-state index in [-0.39, 0.29) is 5.91 Å². The molecule has 0 bridgehead atoms. The van der Waals surface area contributed by atoms with Crippen molar-refractivity contribution in [2.45, 2.75) is 53.0 Å². The van der Waals surface area contributed by atoms with E-state index < -0.39 is 0 Å². The molecule has 1 amide bonds. The molecule has 0 unspecified atom stereocenters. The molecule has 0 radical (unpaired) electrons. The third-order valence-corrected chi connectivity index (χ3v) is 5.99. The van der Waals surface area contributed by atoms with Gasteiger partial charge in [-0.1, -0.05) is 36.6 Å². The van der Waals surface area contributed by atoms with Gasteiger partial charge in [0.15, 0.2) is 0 Å². The molecule has 1 N–H and O–H groups in total. The van der Waals surface area contributed by atoms with Crippen LogP contribution in [0.1, 0.15) is 58.5 Å². The van der Waals surface area contributed by atoms with E-state index in [2.05, 4.69) is 23.2 Å². The highest BCUT2D eigenvalue weighted by molar-refractivity contribution is 6.14. The van der Waals surface area contributed by atoms with Crippen LogP contribution in [0.5, 0.6) is 0 Å². The lowest BCUT2D eigenvalue weighted by Crippen LogP contribution is -2.24. The average molecular weight is 391 g/mol.